The van der Waals surface area contributed by atoms with Crippen molar-refractivity contribution in [3.05, 3.63) is 0 Å². The average molecular weight is 158 g/mol. The van der Waals surface area contributed by atoms with Gasteiger partial charge in [-0.1, -0.05) is 6.92 Å². The zero-order valence-corrected chi connectivity index (χ0v) is 7.89. The van der Waals surface area contributed by atoms with Gasteiger partial charge in [-0.05, 0) is 27.2 Å². The van der Waals surface area contributed by atoms with Gasteiger partial charge >= 0.3 is 0 Å². The van der Waals surface area contributed by atoms with Crippen LogP contribution in [0.4, 0.5) is 0 Å². The molecule has 0 amide bonds. The van der Waals surface area contributed by atoms with Crippen LogP contribution in [0.3, 0.4) is 0 Å². The minimum absolute atomic E-state index is 0.337. The van der Waals surface area contributed by atoms with Crippen LogP contribution in [0.5, 0.6) is 0 Å². The lowest BCUT2D eigenvalue weighted by Crippen LogP contribution is -2.44. The summed E-state index contributed by atoms with van der Waals surface area (Å²) in [4.78, 5) is 0. The van der Waals surface area contributed by atoms with E-state index < -0.39 is 0 Å². The molecule has 1 aliphatic rings. The molecule has 0 bridgehead atoms. The van der Waals surface area contributed by atoms with Crippen molar-refractivity contribution in [3.63, 3.8) is 0 Å². The molecule has 2 heteroatoms. The summed E-state index contributed by atoms with van der Waals surface area (Å²) in [6.07, 6.45) is 1.47. The molecule has 11 heavy (non-hydrogen) atoms. The molecule has 0 radical (unpaired) electrons. The molecule has 1 heterocycles. The van der Waals surface area contributed by atoms with E-state index in [0.717, 1.165) is 13.0 Å². The smallest absolute Gasteiger partial charge is 0.163 e. The Bertz CT molecular complexity index is 132. The van der Waals surface area contributed by atoms with Gasteiger partial charge in [-0.2, -0.15) is 0 Å². The fourth-order valence-corrected chi connectivity index (χ4v) is 1.47. The van der Waals surface area contributed by atoms with E-state index in [0.29, 0.717) is 12.0 Å². The number of hydrogen-bond acceptors (Lipinski definition) is 2. The molecule has 1 aliphatic heterocycles. The molecule has 2 nitrogen and oxygen atoms in total. The van der Waals surface area contributed by atoms with Gasteiger partial charge in [-0.25, -0.2) is 0 Å². The van der Waals surface area contributed by atoms with Crippen molar-refractivity contribution in [1.82, 2.24) is 0 Å². The van der Waals surface area contributed by atoms with E-state index in [4.69, 9.17) is 9.47 Å². The van der Waals surface area contributed by atoms with E-state index in [-0.39, 0.29) is 5.79 Å². The Hall–Kier alpha value is -0.0800. The maximum absolute atomic E-state index is 5.65. The standard InChI is InChI=1S/C9H18O2/c1-5-8-6-10-9(3,4)11-7(8)2/h7-8H,5-6H2,1-4H3. The Morgan fingerprint density at radius 1 is 1.45 bits per heavy atom. The summed E-state index contributed by atoms with van der Waals surface area (Å²) >= 11 is 0. The third-order valence-corrected chi connectivity index (χ3v) is 2.30. The molecule has 2 unspecified atom stereocenters. The first-order chi connectivity index (χ1) is 5.05. The lowest BCUT2D eigenvalue weighted by atomic mass is 10.00. The summed E-state index contributed by atoms with van der Waals surface area (Å²) in [7, 11) is 0. The summed E-state index contributed by atoms with van der Waals surface area (Å²) in [6, 6.07) is 0. The van der Waals surface area contributed by atoms with Crippen LogP contribution in [-0.4, -0.2) is 18.5 Å². The molecule has 0 aromatic rings. The average Bonchev–Trinajstić information content (AvgIpc) is 1.86. The first kappa shape index (κ1) is 9.01. The summed E-state index contributed by atoms with van der Waals surface area (Å²) in [5.41, 5.74) is 0. The maximum Gasteiger partial charge on any atom is 0.163 e. The van der Waals surface area contributed by atoms with Crippen molar-refractivity contribution in [3.8, 4) is 0 Å². The Morgan fingerprint density at radius 3 is 2.55 bits per heavy atom. The SMILES string of the molecule is CCC1COC(C)(C)OC1C. The first-order valence-electron chi connectivity index (χ1n) is 4.37. The monoisotopic (exact) mass is 158 g/mol. The van der Waals surface area contributed by atoms with Crippen molar-refractivity contribution in [2.75, 3.05) is 6.61 Å². The van der Waals surface area contributed by atoms with Crippen LogP contribution in [-0.2, 0) is 9.47 Å². The van der Waals surface area contributed by atoms with Crippen LogP contribution < -0.4 is 0 Å². The maximum atomic E-state index is 5.65. The quantitative estimate of drug-likeness (QED) is 0.582. The van der Waals surface area contributed by atoms with Gasteiger partial charge in [0.25, 0.3) is 0 Å². The number of rotatable bonds is 1. The lowest BCUT2D eigenvalue weighted by Gasteiger charge is -2.39. The molecule has 66 valence electrons. The fourth-order valence-electron chi connectivity index (χ4n) is 1.47. The zero-order chi connectivity index (χ0) is 8.48. The number of ether oxygens (including phenoxy) is 2. The Balaban J connectivity index is 2.48. The molecule has 0 aromatic carbocycles. The van der Waals surface area contributed by atoms with E-state index in [1.807, 2.05) is 13.8 Å². The van der Waals surface area contributed by atoms with Crippen molar-refractivity contribution < 1.29 is 9.47 Å². The van der Waals surface area contributed by atoms with Crippen LogP contribution in [0.25, 0.3) is 0 Å². The van der Waals surface area contributed by atoms with Crippen LogP contribution in [0.1, 0.15) is 34.1 Å². The van der Waals surface area contributed by atoms with E-state index in [1.54, 1.807) is 0 Å². The van der Waals surface area contributed by atoms with Gasteiger partial charge < -0.3 is 9.47 Å². The largest absolute Gasteiger partial charge is 0.350 e. The molecular weight excluding hydrogens is 140 g/mol. The van der Waals surface area contributed by atoms with Crippen LogP contribution >= 0.6 is 0 Å². The highest BCUT2D eigenvalue weighted by molar-refractivity contribution is 4.73. The van der Waals surface area contributed by atoms with Crippen molar-refractivity contribution in [2.45, 2.75) is 46.0 Å². The third-order valence-electron chi connectivity index (χ3n) is 2.30. The molecule has 0 N–H and O–H groups in total. The minimum Gasteiger partial charge on any atom is -0.350 e. The van der Waals surface area contributed by atoms with E-state index in [9.17, 15) is 0 Å². The van der Waals surface area contributed by atoms with Crippen LogP contribution in [0, 0.1) is 5.92 Å². The lowest BCUT2D eigenvalue weighted by molar-refractivity contribution is -0.288. The zero-order valence-electron chi connectivity index (χ0n) is 7.89. The van der Waals surface area contributed by atoms with Crippen molar-refractivity contribution >= 4 is 0 Å². The fraction of sp³-hybridized carbons (Fsp3) is 1.00. The van der Waals surface area contributed by atoms with Gasteiger partial charge in [0.2, 0.25) is 0 Å². The van der Waals surface area contributed by atoms with Gasteiger partial charge in [0, 0.05) is 5.92 Å². The highest BCUT2D eigenvalue weighted by Crippen LogP contribution is 2.27. The summed E-state index contributed by atoms with van der Waals surface area (Å²) in [5.74, 6) is 0.202. The predicted octanol–water partition coefficient (Wildman–Crippen LogP) is 2.18. The van der Waals surface area contributed by atoms with Crippen LogP contribution in [0.2, 0.25) is 0 Å². The molecule has 0 aromatic heterocycles. The minimum atomic E-state index is -0.370. The highest BCUT2D eigenvalue weighted by Gasteiger charge is 2.32. The van der Waals surface area contributed by atoms with Crippen molar-refractivity contribution in [1.29, 1.82) is 0 Å². The summed E-state index contributed by atoms with van der Waals surface area (Å²) < 4.78 is 11.2. The summed E-state index contributed by atoms with van der Waals surface area (Å²) in [5, 5.41) is 0. The molecule has 1 saturated heterocycles. The van der Waals surface area contributed by atoms with Crippen molar-refractivity contribution in [2.24, 2.45) is 5.92 Å². The Morgan fingerprint density at radius 2 is 2.09 bits per heavy atom. The molecule has 1 fully saturated rings. The topological polar surface area (TPSA) is 18.5 Å². The normalized spacial score (nSPS) is 37.1. The predicted molar refractivity (Wildman–Crippen MR) is 44.4 cm³/mol. The molecule has 0 aliphatic carbocycles. The third kappa shape index (κ3) is 2.17. The second-order valence-corrected chi connectivity index (χ2v) is 3.70. The van der Waals surface area contributed by atoms with E-state index in [2.05, 4.69) is 13.8 Å². The van der Waals surface area contributed by atoms with Crippen LogP contribution in [0.15, 0.2) is 0 Å². The van der Waals surface area contributed by atoms with Gasteiger partial charge in [0.15, 0.2) is 5.79 Å². The van der Waals surface area contributed by atoms with Gasteiger partial charge in [-0.15, -0.1) is 0 Å². The molecular formula is C9H18O2. The first-order valence-corrected chi connectivity index (χ1v) is 4.37. The number of hydrogen-bond donors (Lipinski definition) is 0. The molecule has 2 atom stereocenters. The molecule has 0 spiro atoms. The second-order valence-electron chi connectivity index (χ2n) is 3.70. The van der Waals surface area contributed by atoms with E-state index >= 15 is 0 Å². The highest BCUT2D eigenvalue weighted by atomic mass is 16.7. The molecule has 1 rings (SSSR count). The Labute approximate surface area is 68.9 Å². The van der Waals surface area contributed by atoms with E-state index in [1.165, 1.54) is 0 Å². The van der Waals surface area contributed by atoms with Gasteiger partial charge in [0.1, 0.15) is 0 Å². The summed E-state index contributed by atoms with van der Waals surface area (Å²) in [6.45, 7) is 9.07. The van der Waals surface area contributed by atoms with Gasteiger partial charge in [-0.3, -0.25) is 0 Å². The second kappa shape index (κ2) is 3.11. The molecule has 0 saturated carbocycles. The Kier molecular flexibility index (Phi) is 2.55. The van der Waals surface area contributed by atoms with Gasteiger partial charge in [0.05, 0.1) is 12.7 Å².